The number of aryl methyl sites for hydroxylation is 1. The fourth-order valence-corrected chi connectivity index (χ4v) is 6.73. The normalized spacial score (nSPS) is 23.3. The van der Waals surface area contributed by atoms with Crippen LogP contribution in [-0.4, -0.2) is 53.4 Å². The minimum atomic E-state index is -1.85. The van der Waals surface area contributed by atoms with Crippen LogP contribution in [0.15, 0.2) is 84.9 Å². The maximum atomic E-state index is 13.7. The molecule has 0 amide bonds. The van der Waals surface area contributed by atoms with E-state index in [-0.39, 0.29) is 36.0 Å². The number of carbonyl (C=O) groups is 2. The van der Waals surface area contributed by atoms with E-state index in [1.54, 1.807) is 24.3 Å². The van der Waals surface area contributed by atoms with Gasteiger partial charge in [0.2, 0.25) is 5.60 Å². The Morgan fingerprint density at radius 2 is 1.37 bits per heavy atom. The van der Waals surface area contributed by atoms with Crippen LogP contribution >= 0.6 is 0 Å². The summed E-state index contributed by atoms with van der Waals surface area (Å²) in [5.74, 6) is -0.764. The highest BCUT2D eigenvalue weighted by Crippen LogP contribution is 2.44. The number of piperidine rings is 1. The number of nitrogens with zero attached hydrogens (tertiary/aromatic N) is 1. The first-order valence-corrected chi connectivity index (χ1v) is 14.5. The van der Waals surface area contributed by atoms with Crippen molar-refractivity contribution in [2.24, 2.45) is 0 Å². The van der Waals surface area contributed by atoms with Crippen molar-refractivity contribution in [3.8, 4) is 0 Å². The lowest BCUT2D eigenvalue weighted by molar-refractivity contribution is -0.961. The van der Waals surface area contributed by atoms with E-state index in [0.717, 1.165) is 42.3 Å². The van der Waals surface area contributed by atoms with Gasteiger partial charge in [0.25, 0.3) is 0 Å². The summed E-state index contributed by atoms with van der Waals surface area (Å²) in [4.78, 5) is 25.4. The Kier molecular flexibility index (Phi) is 10.3. The maximum absolute atomic E-state index is 13.7. The van der Waals surface area contributed by atoms with Crippen LogP contribution in [0.2, 0.25) is 0 Å². The van der Waals surface area contributed by atoms with Gasteiger partial charge < -0.3 is 43.0 Å². The third kappa shape index (κ3) is 6.68. The molecular weight excluding hydrogens is 629 g/mol. The number of halogens is 1. The highest BCUT2D eigenvalue weighted by Gasteiger charge is 2.53. The predicted molar refractivity (Wildman–Crippen MR) is 153 cm³/mol. The number of ether oxygens (including phenoxy) is 2. The number of hydrogen-bond acceptors (Lipinski definition) is 5. The SMILES string of the molecule is CCOC(=O)CCc1ccc(C[N+]2(C)[C@@H]3CC[C@H]2CC(OC(=O)C(O)(c2ccccc2)c2ccccc2)C3)cc1.[I-]. The molecule has 41 heavy (non-hydrogen) atoms. The Balaban J connectivity index is 0.00000387. The van der Waals surface area contributed by atoms with Crippen LogP contribution in [0, 0.1) is 0 Å². The van der Waals surface area contributed by atoms with Gasteiger partial charge in [0, 0.05) is 37.7 Å². The van der Waals surface area contributed by atoms with E-state index in [1.807, 2.05) is 43.3 Å². The molecule has 6 nitrogen and oxygen atoms in total. The number of esters is 2. The average molecular weight is 670 g/mol. The van der Waals surface area contributed by atoms with Gasteiger partial charge >= 0.3 is 11.9 Å². The zero-order valence-corrected chi connectivity index (χ0v) is 26.0. The summed E-state index contributed by atoms with van der Waals surface area (Å²) >= 11 is 0. The number of rotatable bonds is 10. The van der Waals surface area contributed by atoms with Crippen molar-refractivity contribution in [1.29, 1.82) is 0 Å². The molecule has 7 heteroatoms. The van der Waals surface area contributed by atoms with Crippen LogP contribution in [-0.2, 0) is 37.6 Å². The number of quaternary nitrogens is 1. The van der Waals surface area contributed by atoms with Crippen molar-refractivity contribution in [2.75, 3.05) is 13.7 Å². The monoisotopic (exact) mass is 669 g/mol. The van der Waals surface area contributed by atoms with E-state index in [1.165, 1.54) is 5.56 Å². The van der Waals surface area contributed by atoms with Crippen LogP contribution in [0.5, 0.6) is 0 Å². The highest BCUT2D eigenvalue weighted by atomic mass is 127. The molecule has 3 aromatic rings. The molecule has 2 unspecified atom stereocenters. The van der Waals surface area contributed by atoms with Crippen molar-refractivity contribution in [2.45, 2.75) is 75.8 Å². The quantitative estimate of drug-likeness (QED) is 0.204. The fraction of sp³-hybridized carbons (Fsp3) is 0.412. The standard InChI is InChI=1S/C34H40NO5.HI/c1-3-39-32(36)21-18-25-14-16-26(17-15-25)24-35(2)29-19-20-30(35)23-31(22-29)40-33(37)34(38,27-10-6-4-7-11-27)28-12-8-5-9-13-28;/h4-17,29-31,38H,3,18-24H2,1-2H3;1H/q+1;/p-1/t29-,30+,31?,35?;. The predicted octanol–water partition coefficient (Wildman–Crippen LogP) is 2.31. The maximum Gasteiger partial charge on any atom is 0.347 e. The van der Waals surface area contributed by atoms with Gasteiger partial charge in [-0.3, -0.25) is 4.79 Å². The molecule has 0 radical (unpaired) electrons. The molecule has 3 aromatic carbocycles. The van der Waals surface area contributed by atoms with Gasteiger partial charge in [-0.15, -0.1) is 0 Å². The second-order valence-corrected chi connectivity index (χ2v) is 11.5. The topological polar surface area (TPSA) is 72.8 Å². The van der Waals surface area contributed by atoms with Crippen molar-refractivity contribution in [3.05, 3.63) is 107 Å². The van der Waals surface area contributed by atoms with Crippen LogP contribution < -0.4 is 24.0 Å². The molecule has 4 atom stereocenters. The van der Waals surface area contributed by atoms with Crippen LogP contribution in [0.4, 0.5) is 0 Å². The van der Waals surface area contributed by atoms with Crippen LogP contribution in [0.3, 0.4) is 0 Å². The first kappa shape index (κ1) is 31.2. The summed E-state index contributed by atoms with van der Waals surface area (Å²) in [6.45, 7) is 3.16. The van der Waals surface area contributed by atoms with Crippen molar-refractivity contribution in [3.63, 3.8) is 0 Å². The minimum Gasteiger partial charge on any atom is -1.00 e. The summed E-state index contributed by atoms with van der Waals surface area (Å²) in [7, 11) is 2.33. The number of fused-ring (bicyclic) bond motifs is 2. The van der Waals surface area contributed by atoms with Gasteiger partial charge in [-0.1, -0.05) is 84.9 Å². The zero-order valence-electron chi connectivity index (χ0n) is 23.9. The van der Waals surface area contributed by atoms with E-state index >= 15 is 0 Å². The van der Waals surface area contributed by atoms with Gasteiger partial charge in [0.1, 0.15) is 12.6 Å². The first-order valence-electron chi connectivity index (χ1n) is 14.5. The largest absolute Gasteiger partial charge is 1.00 e. The Morgan fingerprint density at radius 1 is 0.854 bits per heavy atom. The number of carbonyl (C=O) groups excluding carboxylic acids is 2. The van der Waals surface area contributed by atoms with E-state index in [4.69, 9.17) is 9.47 Å². The Hall–Kier alpha value is -2.75. The Bertz CT molecular complexity index is 1240. The molecular formula is C34H40INO5. The van der Waals surface area contributed by atoms with Gasteiger partial charge in [-0.25, -0.2) is 4.79 Å². The number of benzene rings is 3. The lowest BCUT2D eigenvalue weighted by Gasteiger charge is -2.47. The molecule has 0 saturated carbocycles. The minimum absolute atomic E-state index is 0. The summed E-state index contributed by atoms with van der Waals surface area (Å²) in [6, 6.07) is 27.5. The summed E-state index contributed by atoms with van der Waals surface area (Å²) in [5.41, 5.74) is 1.58. The van der Waals surface area contributed by atoms with Crippen molar-refractivity contribution < 1.29 is 52.6 Å². The fourth-order valence-electron chi connectivity index (χ4n) is 6.73. The zero-order chi connectivity index (χ0) is 28.2. The van der Waals surface area contributed by atoms with Crippen molar-refractivity contribution >= 4 is 11.9 Å². The first-order chi connectivity index (χ1) is 19.3. The molecule has 1 N–H and O–H groups in total. The molecule has 0 aliphatic carbocycles. The molecule has 2 aliphatic heterocycles. The van der Waals surface area contributed by atoms with Gasteiger partial charge in [-0.05, 0) is 30.0 Å². The average Bonchev–Trinajstić information content (AvgIpc) is 3.12. The molecule has 218 valence electrons. The second kappa shape index (κ2) is 13.5. The van der Waals surface area contributed by atoms with Crippen LogP contribution in [0.1, 0.15) is 61.3 Å². The summed E-state index contributed by atoms with van der Waals surface area (Å²) < 4.78 is 12.1. The number of hydrogen-bond donors (Lipinski definition) is 1. The molecule has 2 aliphatic rings. The Morgan fingerprint density at radius 3 is 1.88 bits per heavy atom. The third-order valence-electron chi connectivity index (χ3n) is 8.99. The van der Waals surface area contributed by atoms with E-state index in [2.05, 4.69) is 31.3 Å². The molecule has 2 heterocycles. The molecule has 2 bridgehead atoms. The number of aliphatic hydroxyl groups is 1. The smallest absolute Gasteiger partial charge is 0.347 e. The van der Waals surface area contributed by atoms with Gasteiger partial charge in [0.15, 0.2) is 0 Å². The van der Waals surface area contributed by atoms with E-state index in [9.17, 15) is 14.7 Å². The van der Waals surface area contributed by atoms with E-state index < -0.39 is 11.6 Å². The van der Waals surface area contributed by atoms with Gasteiger partial charge in [0.05, 0.1) is 25.7 Å². The molecule has 2 fully saturated rings. The van der Waals surface area contributed by atoms with Crippen LogP contribution in [0.25, 0.3) is 0 Å². The lowest BCUT2D eigenvalue weighted by Crippen LogP contribution is -3.00. The third-order valence-corrected chi connectivity index (χ3v) is 8.99. The molecule has 0 spiro atoms. The Labute approximate surface area is 260 Å². The second-order valence-electron chi connectivity index (χ2n) is 11.5. The van der Waals surface area contributed by atoms with E-state index in [0.29, 0.717) is 42.7 Å². The molecule has 0 aromatic heterocycles. The molecule has 2 saturated heterocycles. The summed E-state index contributed by atoms with van der Waals surface area (Å²) in [6.07, 6.45) is 4.64. The highest BCUT2D eigenvalue weighted by molar-refractivity contribution is 5.85. The summed E-state index contributed by atoms with van der Waals surface area (Å²) in [5, 5.41) is 11.8. The lowest BCUT2D eigenvalue weighted by atomic mass is 9.86. The van der Waals surface area contributed by atoms with Crippen molar-refractivity contribution in [1.82, 2.24) is 0 Å². The molecule has 5 rings (SSSR count). The van der Waals surface area contributed by atoms with Gasteiger partial charge in [-0.2, -0.15) is 0 Å².